The number of para-hydroxylation sites is 2. The quantitative estimate of drug-likeness (QED) is 0.800. The van der Waals surface area contributed by atoms with Crippen LogP contribution >= 0.6 is 0 Å². The number of carbonyl (C=O) groups excluding carboxylic acids is 1. The smallest absolute Gasteiger partial charge is 0.230 e. The zero-order chi connectivity index (χ0) is 12.3. The van der Waals surface area contributed by atoms with Gasteiger partial charge < -0.3 is 15.4 Å². The standard InChI is InChI=1S/C13H16N2O2/c1-10(8-14)9-15-11-4-2-3-5-12(11)17-7-6-13(15)16/h2-5H,1,6-9,14H2. The second-order valence-electron chi connectivity index (χ2n) is 4.00. The fourth-order valence-electron chi connectivity index (χ4n) is 1.78. The Labute approximate surface area is 101 Å². The Bertz CT molecular complexity index is 443. The van der Waals surface area contributed by atoms with E-state index in [1.807, 2.05) is 24.3 Å². The Morgan fingerprint density at radius 3 is 3.00 bits per heavy atom. The van der Waals surface area contributed by atoms with Crippen LogP contribution in [-0.2, 0) is 4.79 Å². The molecule has 1 heterocycles. The van der Waals surface area contributed by atoms with Crippen molar-refractivity contribution in [2.24, 2.45) is 5.73 Å². The van der Waals surface area contributed by atoms with Gasteiger partial charge in [-0.1, -0.05) is 18.7 Å². The van der Waals surface area contributed by atoms with Crippen LogP contribution in [0.2, 0.25) is 0 Å². The summed E-state index contributed by atoms with van der Waals surface area (Å²) in [4.78, 5) is 13.7. The first-order valence-corrected chi connectivity index (χ1v) is 5.61. The number of nitrogens with two attached hydrogens (primary N) is 1. The van der Waals surface area contributed by atoms with Crippen molar-refractivity contribution in [1.29, 1.82) is 0 Å². The van der Waals surface area contributed by atoms with Crippen LogP contribution in [0.1, 0.15) is 6.42 Å². The average Bonchev–Trinajstić information content (AvgIpc) is 2.50. The van der Waals surface area contributed by atoms with Crippen LogP contribution in [0.15, 0.2) is 36.4 Å². The Morgan fingerprint density at radius 1 is 1.47 bits per heavy atom. The molecule has 0 saturated carbocycles. The monoisotopic (exact) mass is 232 g/mol. The second kappa shape index (κ2) is 5.01. The summed E-state index contributed by atoms with van der Waals surface area (Å²) >= 11 is 0. The van der Waals surface area contributed by atoms with Gasteiger partial charge >= 0.3 is 0 Å². The Hall–Kier alpha value is -1.81. The van der Waals surface area contributed by atoms with Gasteiger partial charge in [0.15, 0.2) is 0 Å². The first-order valence-electron chi connectivity index (χ1n) is 5.61. The Kier molecular flexibility index (Phi) is 3.44. The number of hydrogen-bond acceptors (Lipinski definition) is 3. The molecule has 0 atom stereocenters. The van der Waals surface area contributed by atoms with Crippen molar-refractivity contribution in [2.75, 3.05) is 24.6 Å². The minimum absolute atomic E-state index is 0.0459. The topological polar surface area (TPSA) is 55.6 Å². The van der Waals surface area contributed by atoms with Gasteiger partial charge in [-0.2, -0.15) is 0 Å². The van der Waals surface area contributed by atoms with E-state index in [0.717, 1.165) is 17.0 Å². The summed E-state index contributed by atoms with van der Waals surface area (Å²) in [5, 5.41) is 0. The summed E-state index contributed by atoms with van der Waals surface area (Å²) in [6.45, 7) is 5.10. The first kappa shape index (κ1) is 11.7. The van der Waals surface area contributed by atoms with E-state index in [-0.39, 0.29) is 5.91 Å². The number of amides is 1. The maximum atomic E-state index is 12.0. The molecule has 1 amide bonds. The van der Waals surface area contributed by atoms with E-state index in [4.69, 9.17) is 10.5 Å². The van der Waals surface area contributed by atoms with E-state index >= 15 is 0 Å². The van der Waals surface area contributed by atoms with Crippen LogP contribution in [0.25, 0.3) is 0 Å². The molecule has 2 N–H and O–H groups in total. The van der Waals surface area contributed by atoms with Gasteiger partial charge in [0.05, 0.1) is 18.7 Å². The molecule has 1 aliphatic heterocycles. The van der Waals surface area contributed by atoms with Gasteiger partial charge in [-0.05, 0) is 17.7 Å². The van der Waals surface area contributed by atoms with Crippen LogP contribution in [0.3, 0.4) is 0 Å². The lowest BCUT2D eigenvalue weighted by atomic mass is 10.2. The summed E-state index contributed by atoms with van der Waals surface area (Å²) in [5.41, 5.74) is 7.15. The number of benzene rings is 1. The van der Waals surface area contributed by atoms with Crippen LogP contribution in [-0.4, -0.2) is 25.6 Å². The van der Waals surface area contributed by atoms with Gasteiger partial charge in [-0.15, -0.1) is 0 Å². The number of carbonyl (C=O) groups is 1. The molecular formula is C13H16N2O2. The minimum atomic E-state index is 0.0459. The highest BCUT2D eigenvalue weighted by Gasteiger charge is 2.22. The first-order chi connectivity index (χ1) is 8.22. The molecule has 1 aromatic carbocycles. The summed E-state index contributed by atoms with van der Waals surface area (Å²) < 4.78 is 5.54. The van der Waals surface area contributed by atoms with Crippen molar-refractivity contribution in [3.8, 4) is 5.75 Å². The molecule has 17 heavy (non-hydrogen) atoms. The third-order valence-electron chi connectivity index (χ3n) is 2.70. The maximum absolute atomic E-state index is 12.0. The number of anilines is 1. The zero-order valence-electron chi connectivity index (χ0n) is 9.69. The lowest BCUT2D eigenvalue weighted by Crippen LogP contribution is -2.33. The largest absolute Gasteiger partial charge is 0.491 e. The van der Waals surface area contributed by atoms with Gasteiger partial charge in [0, 0.05) is 13.1 Å². The van der Waals surface area contributed by atoms with E-state index in [0.29, 0.717) is 26.1 Å². The molecule has 2 rings (SSSR count). The van der Waals surface area contributed by atoms with Gasteiger partial charge in [-0.25, -0.2) is 0 Å². The molecule has 0 fully saturated rings. The van der Waals surface area contributed by atoms with E-state index in [1.54, 1.807) is 4.90 Å². The van der Waals surface area contributed by atoms with Crippen LogP contribution < -0.4 is 15.4 Å². The van der Waals surface area contributed by atoms with E-state index in [2.05, 4.69) is 6.58 Å². The minimum Gasteiger partial charge on any atom is -0.491 e. The molecule has 0 radical (unpaired) electrons. The van der Waals surface area contributed by atoms with Crippen molar-refractivity contribution in [3.63, 3.8) is 0 Å². The van der Waals surface area contributed by atoms with E-state index in [1.165, 1.54) is 0 Å². The van der Waals surface area contributed by atoms with Crippen LogP contribution in [0.5, 0.6) is 5.75 Å². The van der Waals surface area contributed by atoms with E-state index < -0.39 is 0 Å². The molecule has 1 aliphatic rings. The number of rotatable bonds is 3. The molecule has 0 aromatic heterocycles. The third kappa shape index (κ3) is 2.47. The molecule has 90 valence electrons. The molecular weight excluding hydrogens is 216 g/mol. The molecule has 0 aliphatic carbocycles. The van der Waals surface area contributed by atoms with Crippen molar-refractivity contribution in [2.45, 2.75) is 6.42 Å². The van der Waals surface area contributed by atoms with Crippen LogP contribution in [0, 0.1) is 0 Å². The van der Waals surface area contributed by atoms with Gasteiger partial charge in [-0.3, -0.25) is 4.79 Å². The predicted octanol–water partition coefficient (Wildman–Crippen LogP) is 1.32. The van der Waals surface area contributed by atoms with Crippen molar-refractivity contribution in [3.05, 3.63) is 36.4 Å². The lowest BCUT2D eigenvalue weighted by Gasteiger charge is -2.22. The number of ether oxygens (including phenoxy) is 1. The maximum Gasteiger partial charge on any atom is 0.230 e. The summed E-state index contributed by atoms with van der Waals surface area (Å²) in [6, 6.07) is 7.53. The molecule has 0 bridgehead atoms. The van der Waals surface area contributed by atoms with Gasteiger partial charge in [0.2, 0.25) is 5.91 Å². The summed E-state index contributed by atoms with van der Waals surface area (Å²) in [6.07, 6.45) is 0.381. The number of hydrogen-bond donors (Lipinski definition) is 1. The molecule has 0 saturated heterocycles. The summed E-state index contributed by atoms with van der Waals surface area (Å²) in [5.74, 6) is 0.785. The molecule has 0 unspecified atom stereocenters. The Morgan fingerprint density at radius 2 is 2.24 bits per heavy atom. The Balaban J connectivity index is 2.33. The number of fused-ring (bicyclic) bond motifs is 1. The van der Waals surface area contributed by atoms with Gasteiger partial charge in [0.1, 0.15) is 5.75 Å². The predicted molar refractivity (Wildman–Crippen MR) is 67.1 cm³/mol. The highest BCUT2D eigenvalue weighted by Crippen LogP contribution is 2.31. The molecule has 4 heteroatoms. The highest BCUT2D eigenvalue weighted by atomic mass is 16.5. The van der Waals surface area contributed by atoms with E-state index in [9.17, 15) is 4.79 Å². The highest BCUT2D eigenvalue weighted by molar-refractivity contribution is 5.96. The number of nitrogens with zero attached hydrogens (tertiary/aromatic N) is 1. The summed E-state index contributed by atoms with van der Waals surface area (Å²) in [7, 11) is 0. The van der Waals surface area contributed by atoms with Gasteiger partial charge in [0.25, 0.3) is 0 Å². The van der Waals surface area contributed by atoms with Crippen molar-refractivity contribution < 1.29 is 9.53 Å². The SMILES string of the molecule is C=C(CN)CN1C(=O)CCOc2ccccc21. The van der Waals surface area contributed by atoms with Crippen molar-refractivity contribution >= 4 is 11.6 Å². The molecule has 1 aromatic rings. The average molecular weight is 232 g/mol. The zero-order valence-corrected chi connectivity index (χ0v) is 9.69. The molecule has 0 spiro atoms. The normalized spacial score (nSPS) is 14.9. The fourth-order valence-corrected chi connectivity index (χ4v) is 1.78. The van der Waals surface area contributed by atoms with Crippen LogP contribution in [0.4, 0.5) is 5.69 Å². The third-order valence-corrected chi connectivity index (χ3v) is 2.70. The molecule has 4 nitrogen and oxygen atoms in total. The van der Waals surface area contributed by atoms with Crippen molar-refractivity contribution in [1.82, 2.24) is 0 Å². The second-order valence-corrected chi connectivity index (χ2v) is 4.00. The lowest BCUT2D eigenvalue weighted by molar-refractivity contribution is -0.118. The fraction of sp³-hybridized carbons (Fsp3) is 0.308.